The van der Waals surface area contributed by atoms with Crippen LogP contribution in [0.15, 0.2) is 84.9 Å². The van der Waals surface area contributed by atoms with Gasteiger partial charge in [-0.25, -0.2) is 14.7 Å². The van der Waals surface area contributed by atoms with Gasteiger partial charge in [0, 0.05) is 13.0 Å². The summed E-state index contributed by atoms with van der Waals surface area (Å²) in [5.41, 5.74) is 1.68. The molecule has 0 radical (unpaired) electrons. The number of amides is 3. The molecular weight excluding hydrogens is 468 g/mol. The molecule has 182 valence electrons. The highest BCUT2D eigenvalue weighted by molar-refractivity contribution is 7.18. The SMILES string of the molecule is O=C1N[C@](Cc2ccccc2)(c2ccccc2)C(=O)N1CN1CCCC[C@H]1c1nc2ccccc2s1. The van der Waals surface area contributed by atoms with Gasteiger partial charge in [-0.15, -0.1) is 11.3 Å². The number of likely N-dealkylation sites (tertiary alicyclic amines) is 1. The van der Waals surface area contributed by atoms with E-state index in [-0.39, 0.29) is 24.6 Å². The third kappa shape index (κ3) is 4.08. The van der Waals surface area contributed by atoms with Crippen molar-refractivity contribution in [3.63, 3.8) is 0 Å². The first-order valence-electron chi connectivity index (χ1n) is 12.5. The number of hydrogen-bond donors (Lipinski definition) is 1. The fraction of sp³-hybridized carbons (Fsp3) is 0.276. The Morgan fingerprint density at radius 1 is 0.917 bits per heavy atom. The molecule has 0 unspecified atom stereocenters. The molecule has 0 bridgehead atoms. The second-order valence-corrected chi connectivity index (χ2v) is 10.6. The summed E-state index contributed by atoms with van der Waals surface area (Å²) in [7, 11) is 0. The van der Waals surface area contributed by atoms with Gasteiger partial charge in [-0.2, -0.15) is 0 Å². The van der Waals surface area contributed by atoms with Crippen LogP contribution >= 0.6 is 11.3 Å². The van der Waals surface area contributed by atoms with E-state index in [1.165, 1.54) is 9.60 Å². The number of carbonyl (C=O) groups is 2. The highest BCUT2D eigenvalue weighted by Gasteiger charge is 2.53. The van der Waals surface area contributed by atoms with Gasteiger partial charge >= 0.3 is 6.03 Å². The zero-order valence-electron chi connectivity index (χ0n) is 20.0. The van der Waals surface area contributed by atoms with Crippen LogP contribution in [0.3, 0.4) is 0 Å². The number of hydrogen-bond acceptors (Lipinski definition) is 5. The average molecular weight is 497 g/mol. The fourth-order valence-electron chi connectivity index (χ4n) is 5.45. The van der Waals surface area contributed by atoms with Gasteiger partial charge in [0.1, 0.15) is 5.01 Å². The Bertz CT molecular complexity index is 1360. The van der Waals surface area contributed by atoms with Crippen LogP contribution in [0.2, 0.25) is 0 Å². The third-order valence-corrected chi connectivity index (χ3v) is 8.42. The smallest absolute Gasteiger partial charge is 0.319 e. The lowest BCUT2D eigenvalue weighted by atomic mass is 9.83. The van der Waals surface area contributed by atoms with E-state index in [4.69, 9.17) is 4.98 Å². The van der Waals surface area contributed by atoms with E-state index in [0.29, 0.717) is 6.42 Å². The number of piperidine rings is 1. The van der Waals surface area contributed by atoms with Gasteiger partial charge in [-0.1, -0.05) is 79.2 Å². The predicted octanol–water partition coefficient (Wildman–Crippen LogP) is 5.47. The first-order valence-corrected chi connectivity index (χ1v) is 13.3. The van der Waals surface area contributed by atoms with Crippen molar-refractivity contribution >= 4 is 33.5 Å². The number of imide groups is 1. The summed E-state index contributed by atoms with van der Waals surface area (Å²) in [5, 5.41) is 4.15. The van der Waals surface area contributed by atoms with Gasteiger partial charge in [0.2, 0.25) is 0 Å². The molecule has 4 aromatic rings. The van der Waals surface area contributed by atoms with Gasteiger partial charge in [-0.05, 0) is 36.1 Å². The van der Waals surface area contributed by atoms with Crippen molar-refractivity contribution in [2.24, 2.45) is 0 Å². The minimum absolute atomic E-state index is 0.0950. The van der Waals surface area contributed by atoms with Gasteiger partial charge in [0.05, 0.1) is 22.9 Å². The van der Waals surface area contributed by atoms with E-state index in [1.807, 2.05) is 78.9 Å². The summed E-state index contributed by atoms with van der Waals surface area (Å²) < 4.78 is 1.17. The molecule has 2 atom stereocenters. The Morgan fingerprint density at radius 3 is 2.42 bits per heavy atom. The molecule has 3 amide bonds. The van der Waals surface area contributed by atoms with Crippen LogP contribution in [0.4, 0.5) is 4.79 Å². The summed E-state index contributed by atoms with van der Waals surface area (Å²) in [6.45, 7) is 1.09. The van der Waals surface area contributed by atoms with Crippen molar-refractivity contribution in [3.05, 3.63) is 101 Å². The molecular formula is C29H28N4O2S. The minimum atomic E-state index is -1.12. The lowest BCUT2D eigenvalue weighted by Crippen LogP contribution is -2.48. The molecule has 2 aliphatic heterocycles. The molecule has 1 N–H and O–H groups in total. The van der Waals surface area contributed by atoms with Crippen molar-refractivity contribution in [3.8, 4) is 0 Å². The largest absolute Gasteiger partial charge is 0.326 e. The summed E-state index contributed by atoms with van der Waals surface area (Å²) in [6.07, 6.45) is 3.52. The Hall–Kier alpha value is -3.55. The van der Waals surface area contributed by atoms with Crippen LogP contribution in [-0.2, 0) is 16.8 Å². The molecule has 0 spiro atoms. The predicted molar refractivity (Wildman–Crippen MR) is 141 cm³/mol. The number of fused-ring (bicyclic) bond motifs is 1. The number of nitrogens with one attached hydrogen (secondary N) is 1. The summed E-state index contributed by atoms with van der Waals surface area (Å²) in [6, 6.07) is 27.4. The van der Waals surface area contributed by atoms with Gasteiger partial charge in [0.15, 0.2) is 5.54 Å². The molecule has 3 aromatic carbocycles. The molecule has 2 aliphatic rings. The number of rotatable bonds is 6. The number of carbonyl (C=O) groups excluding carboxylic acids is 2. The second-order valence-electron chi connectivity index (χ2n) is 9.58. The standard InChI is InChI=1S/C29H28N4O2S/c34-27-29(22-13-5-2-6-14-22,19-21-11-3-1-4-12-21)31-28(35)33(27)20-32-18-10-9-16-24(32)26-30-23-15-7-8-17-25(23)36-26/h1-8,11-15,17,24H,9-10,16,18-20H2,(H,31,35)/t24-,29+/m0/s1. The van der Waals surface area contributed by atoms with E-state index < -0.39 is 5.54 Å². The average Bonchev–Trinajstić information content (AvgIpc) is 3.45. The second kappa shape index (κ2) is 9.48. The zero-order chi connectivity index (χ0) is 24.5. The Kier molecular flexibility index (Phi) is 6.03. The summed E-state index contributed by atoms with van der Waals surface area (Å²) in [5.74, 6) is -0.198. The Morgan fingerprint density at radius 2 is 1.64 bits per heavy atom. The van der Waals surface area contributed by atoms with Crippen LogP contribution in [-0.4, -0.2) is 39.9 Å². The lowest BCUT2D eigenvalue weighted by molar-refractivity contribution is -0.133. The quantitative estimate of drug-likeness (QED) is 0.360. The molecule has 0 saturated carbocycles. The van der Waals surface area contributed by atoms with Crippen LogP contribution < -0.4 is 5.32 Å². The van der Waals surface area contributed by atoms with Crippen molar-refractivity contribution in [1.82, 2.24) is 20.1 Å². The van der Waals surface area contributed by atoms with Gasteiger partial charge in [0.25, 0.3) is 5.91 Å². The Labute approximate surface area is 214 Å². The maximum atomic E-state index is 14.1. The van der Waals surface area contributed by atoms with Crippen LogP contribution in [0.5, 0.6) is 0 Å². The minimum Gasteiger partial charge on any atom is -0.319 e. The Balaban J connectivity index is 1.31. The first kappa shape index (κ1) is 22.9. The van der Waals surface area contributed by atoms with E-state index in [9.17, 15) is 9.59 Å². The number of benzene rings is 3. The molecule has 3 heterocycles. The first-order chi connectivity index (χ1) is 17.6. The molecule has 7 heteroatoms. The zero-order valence-corrected chi connectivity index (χ0v) is 20.8. The van der Waals surface area contributed by atoms with E-state index in [2.05, 4.69) is 16.3 Å². The van der Waals surface area contributed by atoms with Crippen molar-refractivity contribution < 1.29 is 9.59 Å². The van der Waals surface area contributed by atoms with E-state index in [0.717, 1.165) is 47.5 Å². The molecule has 6 nitrogen and oxygen atoms in total. The lowest BCUT2D eigenvalue weighted by Gasteiger charge is -2.36. The van der Waals surface area contributed by atoms with Crippen molar-refractivity contribution in [2.75, 3.05) is 13.2 Å². The normalized spacial score (nSPS) is 22.8. The van der Waals surface area contributed by atoms with Gasteiger partial charge < -0.3 is 5.32 Å². The highest BCUT2D eigenvalue weighted by atomic mass is 32.1. The number of nitrogens with zero attached hydrogens (tertiary/aromatic N) is 3. The van der Waals surface area contributed by atoms with Crippen LogP contribution in [0, 0.1) is 0 Å². The fourth-order valence-corrected chi connectivity index (χ4v) is 6.59. The molecule has 0 aliphatic carbocycles. The van der Waals surface area contributed by atoms with Crippen molar-refractivity contribution in [1.29, 1.82) is 0 Å². The topological polar surface area (TPSA) is 65.5 Å². The number of thiazole rings is 1. The van der Waals surface area contributed by atoms with E-state index in [1.54, 1.807) is 11.3 Å². The molecule has 6 rings (SSSR count). The monoisotopic (exact) mass is 496 g/mol. The molecule has 2 saturated heterocycles. The maximum absolute atomic E-state index is 14.1. The van der Waals surface area contributed by atoms with Crippen LogP contribution in [0.1, 0.15) is 41.4 Å². The highest BCUT2D eigenvalue weighted by Crippen LogP contribution is 2.38. The molecule has 2 fully saturated rings. The van der Waals surface area contributed by atoms with Crippen molar-refractivity contribution in [2.45, 2.75) is 37.3 Å². The number of aromatic nitrogens is 1. The van der Waals surface area contributed by atoms with Gasteiger partial charge in [-0.3, -0.25) is 9.69 Å². The van der Waals surface area contributed by atoms with Crippen LogP contribution in [0.25, 0.3) is 10.2 Å². The van der Waals surface area contributed by atoms with E-state index >= 15 is 0 Å². The number of para-hydroxylation sites is 1. The summed E-state index contributed by atoms with van der Waals surface area (Å²) in [4.78, 5) is 36.0. The molecule has 1 aromatic heterocycles. The maximum Gasteiger partial charge on any atom is 0.326 e. The number of urea groups is 1. The third-order valence-electron chi connectivity index (χ3n) is 7.29. The summed E-state index contributed by atoms with van der Waals surface area (Å²) >= 11 is 1.71. The molecule has 36 heavy (non-hydrogen) atoms.